The fourth-order valence-electron chi connectivity index (χ4n) is 2.99. The molecule has 21 heavy (non-hydrogen) atoms. The van der Waals surface area contributed by atoms with Crippen LogP contribution in [0.3, 0.4) is 0 Å². The third-order valence-corrected chi connectivity index (χ3v) is 4.34. The zero-order valence-corrected chi connectivity index (χ0v) is 13.5. The smallest absolute Gasteiger partial charge is 0.327 e. The summed E-state index contributed by atoms with van der Waals surface area (Å²) in [5.74, 6) is -0.164. The second-order valence-corrected chi connectivity index (χ2v) is 5.86. The van der Waals surface area contributed by atoms with Gasteiger partial charge in [-0.3, -0.25) is 4.90 Å². The van der Waals surface area contributed by atoms with E-state index in [1.807, 2.05) is 0 Å². The minimum absolute atomic E-state index is 0.164. The molecule has 0 aromatic heterocycles. The van der Waals surface area contributed by atoms with Gasteiger partial charge in [0.1, 0.15) is 6.04 Å². The summed E-state index contributed by atoms with van der Waals surface area (Å²) < 4.78 is 5.08. The lowest BCUT2D eigenvalue weighted by Gasteiger charge is -2.30. The van der Waals surface area contributed by atoms with E-state index >= 15 is 0 Å². The van der Waals surface area contributed by atoms with Crippen molar-refractivity contribution in [2.24, 2.45) is 0 Å². The Kier molecular flexibility index (Phi) is 5.37. The molecular formula is C17H26N2O2. The number of esters is 1. The summed E-state index contributed by atoms with van der Waals surface area (Å²) in [6, 6.07) is 4.01. The van der Waals surface area contributed by atoms with E-state index in [0.29, 0.717) is 0 Å². The lowest BCUT2D eigenvalue weighted by molar-refractivity contribution is -0.147. The van der Waals surface area contributed by atoms with Gasteiger partial charge in [0.05, 0.1) is 7.11 Å². The van der Waals surface area contributed by atoms with Gasteiger partial charge < -0.3 is 10.1 Å². The minimum atomic E-state index is -0.297. The van der Waals surface area contributed by atoms with E-state index in [4.69, 9.17) is 4.74 Å². The van der Waals surface area contributed by atoms with E-state index in [1.165, 1.54) is 18.2 Å². The van der Waals surface area contributed by atoms with Crippen LogP contribution in [0.15, 0.2) is 12.1 Å². The Morgan fingerprint density at radius 1 is 1.14 bits per heavy atom. The molecular weight excluding hydrogens is 264 g/mol. The van der Waals surface area contributed by atoms with Gasteiger partial charge in [-0.2, -0.15) is 0 Å². The van der Waals surface area contributed by atoms with Crippen LogP contribution in [0, 0.1) is 20.8 Å². The Morgan fingerprint density at radius 2 is 1.86 bits per heavy atom. The SMILES string of the molecule is COC(=O)C(c1cc(C)c(C)cc1C)N1CCCNCC1. The normalized spacial score (nSPS) is 18.1. The zero-order chi connectivity index (χ0) is 15.4. The summed E-state index contributed by atoms with van der Waals surface area (Å²) in [6.45, 7) is 9.98. The van der Waals surface area contributed by atoms with Crippen LogP contribution in [0.5, 0.6) is 0 Å². The van der Waals surface area contributed by atoms with Crippen molar-refractivity contribution in [3.8, 4) is 0 Å². The largest absolute Gasteiger partial charge is 0.468 e. The number of nitrogens with one attached hydrogen (secondary N) is 1. The number of hydrogen-bond acceptors (Lipinski definition) is 4. The molecule has 4 nitrogen and oxygen atoms in total. The first-order valence-electron chi connectivity index (χ1n) is 7.65. The van der Waals surface area contributed by atoms with Crippen molar-refractivity contribution in [3.63, 3.8) is 0 Å². The molecule has 0 aliphatic carbocycles. The van der Waals surface area contributed by atoms with Gasteiger partial charge in [0.15, 0.2) is 0 Å². The first-order valence-corrected chi connectivity index (χ1v) is 7.65. The average Bonchev–Trinajstić information content (AvgIpc) is 2.73. The van der Waals surface area contributed by atoms with Crippen LogP contribution >= 0.6 is 0 Å². The van der Waals surface area contributed by atoms with Crippen LogP contribution in [0.1, 0.15) is 34.7 Å². The van der Waals surface area contributed by atoms with E-state index < -0.39 is 0 Å². The van der Waals surface area contributed by atoms with Crippen LogP contribution in [-0.4, -0.2) is 44.2 Å². The number of carbonyl (C=O) groups excluding carboxylic acids is 1. The highest BCUT2D eigenvalue weighted by molar-refractivity contribution is 5.78. The van der Waals surface area contributed by atoms with Crippen LogP contribution in [0.4, 0.5) is 0 Å². The molecule has 1 heterocycles. The summed E-state index contributed by atoms with van der Waals surface area (Å²) in [4.78, 5) is 14.6. The molecule has 1 unspecified atom stereocenters. The number of aryl methyl sites for hydroxylation is 3. The zero-order valence-electron chi connectivity index (χ0n) is 13.5. The molecule has 0 bridgehead atoms. The van der Waals surface area contributed by atoms with Crippen LogP contribution < -0.4 is 5.32 Å². The Bertz CT molecular complexity index is 506. The first-order chi connectivity index (χ1) is 10.0. The van der Waals surface area contributed by atoms with Crippen LogP contribution in [0.25, 0.3) is 0 Å². The van der Waals surface area contributed by atoms with Gasteiger partial charge in [0.25, 0.3) is 0 Å². The van der Waals surface area contributed by atoms with E-state index in [0.717, 1.165) is 43.7 Å². The Balaban J connectivity index is 2.40. The number of nitrogens with zero attached hydrogens (tertiary/aromatic N) is 1. The number of ether oxygens (including phenoxy) is 1. The summed E-state index contributed by atoms with van der Waals surface area (Å²) >= 11 is 0. The monoisotopic (exact) mass is 290 g/mol. The molecule has 0 saturated carbocycles. The molecule has 0 radical (unpaired) electrons. The summed E-state index contributed by atoms with van der Waals surface area (Å²) in [6.07, 6.45) is 1.05. The van der Waals surface area contributed by atoms with E-state index in [9.17, 15) is 4.79 Å². The highest BCUT2D eigenvalue weighted by atomic mass is 16.5. The van der Waals surface area contributed by atoms with Crippen molar-refractivity contribution in [1.29, 1.82) is 0 Å². The first kappa shape index (κ1) is 16.0. The van der Waals surface area contributed by atoms with Gasteiger partial charge in [0, 0.05) is 19.6 Å². The molecule has 1 aliphatic rings. The van der Waals surface area contributed by atoms with Gasteiger partial charge >= 0.3 is 5.97 Å². The van der Waals surface area contributed by atoms with E-state index in [2.05, 4.69) is 43.1 Å². The van der Waals surface area contributed by atoms with Gasteiger partial charge in [-0.25, -0.2) is 4.79 Å². The Hall–Kier alpha value is -1.39. The molecule has 116 valence electrons. The third-order valence-electron chi connectivity index (χ3n) is 4.34. The van der Waals surface area contributed by atoms with Crippen LogP contribution in [0.2, 0.25) is 0 Å². The average molecular weight is 290 g/mol. The molecule has 0 spiro atoms. The fourth-order valence-corrected chi connectivity index (χ4v) is 2.99. The summed E-state index contributed by atoms with van der Waals surface area (Å²) in [5, 5.41) is 3.38. The quantitative estimate of drug-likeness (QED) is 0.866. The number of carbonyl (C=O) groups is 1. The van der Waals surface area contributed by atoms with E-state index in [1.54, 1.807) is 0 Å². The van der Waals surface area contributed by atoms with Crippen molar-refractivity contribution in [1.82, 2.24) is 10.2 Å². The third kappa shape index (κ3) is 3.63. The van der Waals surface area contributed by atoms with Crippen molar-refractivity contribution in [2.45, 2.75) is 33.2 Å². The lowest BCUT2D eigenvalue weighted by atomic mass is 9.94. The van der Waals surface area contributed by atoms with E-state index in [-0.39, 0.29) is 12.0 Å². The second-order valence-electron chi connectivity index (χ2n) is 5.86. The molecule has 2 rings (SSSR count). The maximum atomic E-state index is 12.4. The minimum Gasteiger partial charge on any atom is -0.468 e. The number of benzene rings is 1. The highest BCUT2D eigenvalue weighted by Crippen LogP contribution is 2.28. The van der Waals surface area contributed by atoms with Gasteiger partial charge in [-0.1, -0.05) is 12.1 Å². The van der Waals surface area contributed by atoms with Crippen molar-refractivity contribution >= 4 is 5.97 Å². The van der Waals surface area contributed by atoms with Crippen LogP contribution in [-0.2, 0) is 9.53 Å². The van der Waals surface area contributed by atoms with Crippen molar-refractivity contribution in [3.05, 3.63) is 34.4 Å². The maximum absolute atomic E-state index is 12.4. The maximum Gasteiger partial charge on any atom is 0.327 e. The molecule has 1 fully saturated rings. The predicted molar refractivity (Wildman–Crippen MR) is 84.5 cm³/mol. The van der Waals surface area contributed by atoms with Gasteiger partial charge in [0.2, 0.25) is 0 Å². The molecule has 1 atom stereocenters. The molecule has 1 aliphatic heterocycles. The number of rotatable bonds is 3. The molecule has 1 N–H and O–H groups in total. The standard InChI is InChI=1S/C17H26N2O2/c1-12-10-14(3)15(11-13(12)2)16(17(20)21-4)19-8-5-6-18-7-9-19/h10-11,16,18H,5-9H2,1-4H3. The van der Waals surface area contributed by atoms with Gasteiger partial charge in [-0.05, 0) is 56.0 Å². The summed E-state index contributed by atoms with van der Waals surface area (Å²) in [7, 11) is 1.47. The lowest BCUT2D eigenvalue weighted by Crippen LogP contribution is -2.37. The Morgan fingerprint density at radius 3 is 2.57 bits per heavy atom. The van der Waals surface area contributed by atoms with Gasteiger partial charge in [-0.15, -0.1) is 0 Å². The highest BCUT2D eigenvalue weighted by Gasteiger charge is 2.30. The molecule has 1 saturated heterocycles. The molecule has 0 amide bonds. The summed E-state index contributed by atoms with van der Waals surface area (Å²) in [5.41, 5.74) is 4.72. The van der Waals surface area contributed by atoms with Crippen molar-refractivity contribution in [2.75, 3.05) is 33.3 Å². The number of methoxy groups -OCH3 is 1. The van der Waals surface area contributed by atoms with Crippen molar-refractivity contribution < 1.29 is 9.53 Å². The molecule has 1 aromatic rings. The predicted octanol–water partition coefficient (Wildman–Crippen LogP) is 2.12. The topological polar surface area (TPSA) is 41.6 Å². The second kappa shape index (κ2) is 7.05. The Labute approximate surface area is 127 Å². The molecule has 4 heteroatoms. The molecule has 1 aromatic carbocycles. The fraction of sp³-hybridized carbons (Fsp3) is 0.588. The number of hydrogen-bond donors (Lipinski definition) is 1.